The highest BCUT2D eigenvalue weighted by atomic mass is 79.9. The van der Waals surface area contributed by atoms with Crippen molar-refractivity contribution in [2.24, 2.45) is 0 Å². The third kappa shape index (κ3) is 5.15. The monoisotopic (exact) mass is 473 g/mol. The summed E-state index contributed by atoms with van der Waals surface area (Å²) in [5.41, 5.74) is 0.314. The molecule has 0 fully saturated rings. The molecule has 2 aromatic rings. The molecule has 0 aliphatic heterocycles. The van der Waals surface area contributed by atoms with Crippen molar-refractivity contribution in [2.75, 3.05) is 32.2 Å². The van der Waals surface area contributed by atoms with Crippen molar-refractivity contribution in [1.29, 1.82) is 0 Å². The maximum Gasteiger partial charge on any atom is 0.337 e. The summed E-state index contributed by atoms with van der Waals surface area (Å²) >= 11 is 3.32. The van der Waals surface area contributed by atoms with E-state index < -0.39 is 16.0 Å². The molecular weight excluding hydrogens is 454 g/mol. The third-order valence-corrected chi connectivity index (χ3v) is 6.02. The molecule has 0 unspecified atom stereocenters. The fourth-order valence-electron chi connectivity index (χ4n) is 2.32. The Kier molecular flexibility index (Phi) is 7.28. The van der Waals surface area contributed by atoms with Gasteiger partial charge in [-0.15, -0.1) is 0 Å². The van der Waals surface area contributed by atoms with E-state index in [9.17, 15) is 18.3 Å². The number of carboxylic acids is 1. The SMILES string of the molecule is COCCOc1cc(NS(=O)(=O)c2ccc(Br)c(C)c2)c(C(=O)O)cc1OC. The maximum atomic E-state index is 12.8. The van der Waals surface area contributed by atoms with Crippen molar-refractivity contribution in [2.45, 2.75) is 11.8 Å². The first-order chi connectivity index (χ1) is 13.2. The molecule has 2 aromatic carbocycles. The number of benzene rings is 2. The highest BCUT2D eigenvalue weighted by Crippen LogP contribution is 2.35. The van der Waals surface area contributed by atoms with Crippen LogP contribution in [-0.4, -0.2) is 46.9 Å². The Hall–Kier alpha value is -2.30. The van der Waals surface area contributed by atoms with Crippen molar-refractivity contribution in [1.82, 2.24) is 0 Å². The molecule has 0 spiro atoms. The van der Waals surface area contributed by atoms with Gasteiger partial charge in [0.1, 0.15) is 6.61 Å². The zero-order chi connectivity index (χ0) is 20.9. The summed E-state index contributed by atoms with van der Waals surface area (Å²) < 4.78 is 44.2. The number of rotatable bonds is 9. The molecule has 2 rings (SSSR count). The smallest absolute Gasteiger partial charge is 0.337 e. The lowest BCUT2D eigenvalue weighted by atomic mass is 10.1. The Balaban J connectivity index is 2.47. The summed E-state index contributed by atoms with van der Waals surface area (Å²) in [4.78, 5) is 11.6. The third-order valence-electron chi connectivity index (χ3n) is 3.76. The van der Waals surface area contributed by atoms with E-state index in [0.29, 0.717) is 6.61 Å². The van der Waals surface area contributed by atoms with E-state index in [2.05, 4.69) is 20.7 Å². The van der Waals surface area contributed by atoms with Gasteiger partial charge in [0.05, 0.1) is 29.9 Å². The average Bonchev–Trinajstić information content (AvgIpc) is 2.63. The lowest BCUT2D eigenvalue weighted by molar-refractivity contribution is 0.0697. The van der Waals surface area contributed by atoms with Crippen molar-refractivity contribution in [3.05, 3.63) is 45.9 Å². The Morgan fingerprint density at radius 3 is 2.43 bits per heavy atom. The van der Waals surface area contributed by atoms with Crippen LogP contribution in [0.2, 0.25) is 0 Å². The van der Waals surface area contributed by atoms with Gasteiger partial charge in [0.15, 0.2) is 11.5 Å². The van der Waals surface area contributed by atoms with Crippen LogP contribution in [0, 0.1) is 6.92 Å². The zero-order valence-electron chi connectivity index (χ0n) is 15.5. The largest absolute Gasteiger partial charge is 0.493 e. The van der Waals surface area contributed by atoms with Gasteiger partial charge in [-0.05, 0) is 30.7 Å². The molecule has 2 N–H and O–H groups in total. The molecule has 0 heterocycles. The minimum absolute atomic E-state index is 0.00204. The van der Waals surface area contributed by atoms with Gasteiger partial charge >= 0.3 is 5.97 Å². The van der Waals surface area contributed by atoms with Crippen LogP contribution in [0.25, 0.3) is 0 Å². The van der Waals surface area contributed by atoms with Crippen LogP contribution in [0.5, 0.6) is 11.5 Å². The minimum atomic E-state index is -4.03. The molecule has 10 heteroatoms. The molecule has 0 aliphatic carbocycles. The molecule has 0 saturated carbocycles. The summed E-state index contributed by atoms with van der Waals surface area (Å²) in [7, 11) is -1.16. The molecule has 0 saturated heterocycles. The number of hydrogen-bond acceptors (Lipinski definition) is 6. The molecule has 0 amide bonds. The minimum Gasteiger partial charge on any atom is -0.493 e. The van der Waals surface area contributed by atoms with Crippen LogP contribution >= 0.6 is 15.9 Å². The normalized spacial score (nSPS) is 11.1. The Morgan fingerprint density at radius 1 is 1.14 bits per heavy atom. The predicted molar refractivity (Wildman–Crippen MR) is 107 cm³/mol. The standard InChI is InChI=1S/C18H20BrNO7S/c1-11-8-12(4-5-14(11)19)28(23,24)20-15-10-17(27-7-6-25-2)16(26-3)9-13(15)18(21)22/h4-5,8-10,20H,6-7H2,1-3H3,(H,21,22). The number of anilines is 1. The average molecular weight is 474 g/mol. The second-order valence-corrected chi connectivity index (χ2v) is 8.25. The molecule has 8 nitrogen and oxygen atoms in total. The summed E-state index contributed by atoms with van der Waals surface area (Å²) in [6.07, 6.45) is 0. The van der Waals surface area contributed by atoms with Crippen molar-refractivity contribution in [3.63, 3.8) is 0 Å². The van der Waals surface area contributed by atoms with Gasteiger partial charge in [0, 0.05) is 23.7 Å². The van der Waals surface area contributed by atoms with E-state index in [1.54, 1.807) is 13.0 Å². The number of aryl methyl sites for hydroxylation is 1. The summed E-state index contributed by atoms with van der Waals surface area (Å²) in [6.45, 7) is 2.22. The van der Waals surface area contributed by atoms with Gasteiger partial charge in [0.2, 0.25) is 0 Å². The molecule has 0 aromatic heterocycles. The van der Waals surface area contributed by atoms with Crippen LogP contribution in [0.4, 0.5) is 5.69 Å². The molecule has 152 valence electrons. The van der Waals surface area contributed by atoms with Crippen LogP contribution in [0.1, 0.15) is 15.9 Å². The summed E-state index contributed by atoms with van der Waals surface area (Å²) in [5.74, 6) is -0.961. The Morgan fingerprint density at radius 2 is 1.86 bits per heavy atom. The maximum absolute atomic E-state index is 12.8. The molecular formula is C18H20BrNO7S. The number of sulfonamides is 1. The first-order valence-electron chi connectivity index (χ1n) is 8.05. The molecule has 0 aliphatic rings. The van der Waals surface area contributed by atoms with E-state index in [1.165, 1.54) is 38.5 Å². The van der Waals surface area contributed by atoms with Crippen LogP contribution in [-0.2, 0) is 14.8 Å². The topological polar surface area (TPSA) is 111 Å². The summed E-state index contributed by atoms with van der Waals surface area (Å²) in [6, 6.07) is 6.98. The van der Waals surface area contributed by atoms with Crippen molar-refractivity contribution >= 4 is 37.6 Å². The lowest BCUT2D eigenvalue weighted by Crippen LogP contribution is -2.16. The quantitative estimate of drug-likeness (QED) is 0.537. The Labute approximate surface area is 171 Å². The van der Waals surface area contributed by atoms with Gasteiger partial charge < -0.3 is 19.3 Å². The van der Waals surface area contributed by atoms with Gasteiger partial charge in [0.25, 0.3) is 10.0 Å². The van der Waals surface area contributed by atoms with Gasteiger partial charge in [-0.2, -0.15) is 0 Å². The van der Waals surface area contributed by atoms with E-state index in [0.717, 1.165) is 10.0 Å². The first-order valence-corrected chi connectivity index (χ1v) is 10.3. The highest BCUT2D eigenvalue weighted by molar-refractivity contribution is 9.10. The van der Waals surface area contributed by atoms with E-state index >= 15 is 0 Å². The van der Waals surface area contributed by atoms with Crippen LogP contribution in [0.15, 0.2) is 39.7 Å². The van der Waals surface area contributed by atoms with Crippen LogP contribution < -0.4 is 14.2 Å². The van der Waals surface area contributed by atoms with Gasteiger partial charge in [-0.1, -0.05) is 15.9 Å². The highest BCUT2D eigenvalue weighted by Gasteiger charge is 2.22. The fraction of sp³-hybridized carbons (Fsp3) is 0.278. The number of nitrogens with one attached hydrogen (secondary N) is 1. The molecule has 0 atom stereocenters. The summed E-state index contributed by atoms with van der Waals surface area (Å²) in [5, 5.41) is 9.48. The molecule has 0 radical (unpaired) electrons. The van der Waals surface area contributed by atoms with Crippen molar-refractivity contribution in [3.8, 4) is 11.5 Å². The van der Waals surface area contributed by atoms with E-state index in [4.69, 9.17) is 14.2 Å². The predicted octanol–water partition coefficient (Wildman–Crippen LogP) is 3.29. The van der Waals surface area contributed by atoms with E-state index in [1.807, 2.05) is 0 Å². The fourth-order valence-corrected chi connectivity index (χ4v) is 3.72. The zero-order valence-corrected chi connectivity index (χ0v) is 17.9. The number of aromatic carboxylic acids is 1. The number of hydrogen-bond donors (Lipinski definition) is 2. The second-order valence-electron chi connectivity index (χ2n) is 5.71. The lowest BCUT2D eigenvalue weighted by Gasteiger charge is -2.16. The van der Waals surface area contributed by atoms with Gasteiger partial charge in [-0.3, -0.25) is 4.72 Å². The number of halogens is 1. The number of ether oxygens (including phenoxy) is 3. The first kappa shape index (κ1) is 22.0. The van der Waals surface area contributed by atoms with Crippen molar-refractivity contribution < 1.29 is 32.5 Å². The van der Waals surface area contributed by atoms with Gasteiger partial charge in [-0.25, -0.2) is 13.2 Å². The van der Waals surface area contributed by atoms with E-state index in [-0.39, 0.29) is 34.3 Å². The van der Waals surface area contributed by atoms with Crippen LogP contribution in [0.3, 0.4) is 0 Å². The number of carboxylic acid groups (broad SMARTS) is 1. The number of methoxy groups -OCH3 is 2. The number of carbonyl (C=O) groups is 1. The second kappa shape index (κ2) is 9.26. The molecule has 28 heavy (non-hydrogen) atoms. The molecule has 0 bridgehead atoms. The Bertz CT molecular complexity index is 976.